The van der Waals surface area contributed by atoms with E-state index in [1.807, 2.05) is 34.9 Å². The predicted octanol–water partition coefficient (Wildman–Crippen LogP) is 2.57. The number of imidazole rings is 1. The molecule has 0 radical (unpaired) electrons. The van der Waals surface area contributed by atoms with Gasteiger partial charge < -0.3 is 10.5 Å². The van der Waals surface area contributed by atoms with Crippen molar-refractivity contribution < 1.29 is 9.53 Å². The van der Waals surface area contributed by atoms with Crippen LogP contribution in [0, 0.1) is 0 Å². The van der Waals surface area contributed by atoms with Crippen molar-refractivity contribution in [1.82, 2.24) is 14.5 Å². The summed E-state index contributed by atoms with van der Waals surface area (Å²) >= 11 is 0. The molecule has 0 aliphatic carbocycles. The minimum absolute atomic E-state index is 0.249. The highest BCUT2D eigenvalue weighted by atomic mass is 16.5. The Kier molecular flexibility index (Phi) is 3.61. The number of para-hydroxylation sites is 1. The Bertz CT molecular complexity index is 813. The van der Waals surface area contributed by atoms with Gasteiger partial charge in [0.05, 0.1) is 12.1 Å². The number of carbonyl (C=O) groups excluding carboxylic acids is 1. The number of amides is 1. The Labute approximate surface area is 126 Å². The minimum atomic E-state index is -0.570. The predicted molar refractivity (Wildman–Crippen MR) is 83.9 cm³/mol. The van der Waals surface area contributed by atoms with Gasteiger partial charge in [-0.3, -0.25) is 9.88 Å². The molecule has 0 saturated carbocycles. The van der Waals surface area contributed by atoms with Crippen LogP contribution in [-0.2, 0) is 4.74 Å². The van der Waals surface area contributed by atoms with E-state index in [4.69, 9.17) is 10.5 Å². The van der Waals surface area contributed by atoms with Crippen molar-refractivity contribution >= 4 is 28.8 Å². The monoisotopic (exact) mass is 297 g/mol. The van der Waals surface area contributed by atoms with Crippen LogP contribution in [-0.4, -0.2) is 27.2 Å². The summed E-state index contributed by atoms with van der Waals surface area (Å²) in [5.41, 5.74) is 8.20. The summed E-state index contributed by atoms with van der Waals surface area (Å²) in [7, 11) is 0. The van der Waals surface area contributed by atoms with Gasteiger partial charge in [-0.15, -0.1) is 0 Å². The lowest BCUT2D eigenvalue weighted by Gasteiger charge is -2.08. The molecule has 2 heterocycles. The third-order valence-electron chi connectivity index (χ3n) is 3.10. The SMILES string of the molecule is CCOC(=O)Nc1cc2c(ncn2-c2ccccc2)c(N)n1. The fourth-order valence-corrected chi connectivity index (χ4v) is 2.17. The van der Waals surface area contributed by atoms with E-state index in [0.29, 0.717) is 11.3 Å². The number of nitrogen functional groups attached to an aromatic ring is 1. The van der Waals surface area contributed by atoms with E-state index in [-0.39, 0.29) is 12.4 Å². The molecule has 0 aliphatic rings. The first-order valence-corrected chi connectivity index (χ1v) is 6.82. The second-order valence-corrected chi connectivity index (χ2v) is 4.56. The van der Waals surface area contributed by atoms with Gasteiger partial charge >= 0.3 is 6.09 Å². The number of nitrogens with two attached hydrogens (primary N) is 1. The van der Waals surface area contributed by atoms with Gasteiger partial charge in [-0.1, -0.05) is 18.2 Å². The number of rotatable bonds is 3. The van der Waals surface area contributed by atoms with Gasteiger partial charge in [-0.05, 0) is 19.1 Å². The molecule has 3 N–H and O–H groups in total. The lowest BCUT2D eigenvalue weighted by molar-refractivity contribution is 0.168. The van der Waals surface area contributed by atoms with Crippen molar-refractivity contribution in [3.63, 3.8) is 0 Å². The van der Waals surface area contributed by atoms with Crippen molar-refractivity contribution in [2.24, 2.45) is 0 Å². The maximum Gasteiger partial charge on any atom is 0.412 e. The van der Waals surface area contributed by atoms with E-state index < -0.39 is 6.09 Å². The standard InChI is InChI=1S/C15H15N5O2/c1-2-22-15(21)19-12-8-11-13(14(16)18-12)17-9-20(11)10-6-4-3-5-7-10/h3-9H,2H2,1H3,(H3,16,18,19,21). The van der Waals surface area contributed by atoms with Crippen LogP contribution in [0.25, 0.3) is 16.7 Å². The zero-order chi connectivity index (χ0) is 15.5. The number of hydrogen-bond donors (Lipinski definition) is 2. The van der Waals surface area contributed by atoms with Gasteiger partial charge in [0.2, 0.25) is 0 Å². The fourth-order valence-electron chi connectivity index (χ4n) is 2.17. The molecule has 22 heavy (non-hydrogen) atoms. The van der Waals surface area contributed by atoms with E-state index >= 15 is 0 Å². The molecule has 3 rings (SSSR count). The van der Waals surface area contributed by atoms with E-state index in [9.17, 15) is 4.79 Å². The highest BCUT2D eigenvalue weighted by Gasteiger charge is 2.12. The topological polar surface area (TPSA) is 95.1 Å². The van der Waals surface area contributed by atoms with Gasteiger partial charge in [0, 0.05) is 11.8 Å². The molecule has 1 aromatic carbocycles. The van der Waals surface area contributed by atoms with Crippen molar-refractivity contribution in [3.8, 4) is 5.69 Å². The van der Waals surface area contributed by atoms with Crippen molar-refractivity contribution in [1.29, 1.82) is 0 Å². The first-order chi connectivity index (χ1) is 10.7. The average molecular weight is 297 g/mol. The zero-order valence-corrected chi connectivity index (χ0v) is 12.0. The molecule has 1 amide bonds. The van der Waals surface area contributed by atoms with E-state index in [1.165, 1.54) is 0 Å². The van der Waals surface area contributed by atoms with Crippen LogP contribution in [0.4, 0.5) is 16.4 Å². The first kappa shape index (κ1) is 13.9. The summed E-state index contributed by atoms with van der Waals surface area (Å²) < 4.78 is 6.72. The molecule has 0 unspecified atom stereocenters. The molecule has 0 saturated heterocycles. The smallest absolute Gasteiger partial charge is 0.412 e. The molecule has 7 nitrogen and oxygen atoms in total. The molecular weight excluding hydrogens is 282 g/mol. The quantitative estimate of drug-likeness (QED) is 0.774. The summed E-state index contributed by atoms with van der Waals surface area (Å²) in [6.45, 7) is 2.01. The first-order valence-electron chi connectivity index (χ1n) is 6.82. The second kappa shape index (κ2) is 5.72. The van der Waals surface area contributed by atoms with Crippen molar-refractivity contribution in [2.45, 2.75) is 6.92 Å². The van der Waals surface area contributed by atoms with Crippen LogP contribution >= 0.6 is 0 Å². The number of hydrogen-bond acceptors (Lipinski definition) is 5. The Morgan fingerprint density at radius 3 is 2.86 bits per heavy atom. The van der Waals surface area contributed by atoms with Gasteiger partial charge in [-0.2, -0.15) is 0 Å². The van der Waals surface area contributed by atoms with Gasteiger partial charge in [0.15, 0.2) is 5.82 Å². The zero-order valence-electron chi connectivity index (χ0n) is 12.0. The van der Waals surface area contributed by atoms with E-state index in [0.717, 1.165) is 11.2 Å². The highest BCUT2D eigenvalue weighted by molar-refractivity contribution is 5.92. The number of ether oxygens (including phenoxy) is 1. The van der Waals surface area contributed by atoms with Crippen LogP contribution in [0.2, 0.25) is 0 Å². The van der Waals surface area contributed by atoms with Gasteiger partial charge in [0.1, 0.15) is 17.7 Å². The second-order valence-electron chi connectivity index (χ2n) is 4.56. The number of anilines is 2. The summed E-state index contributed by atoms with van der Waals surface area (Å²) in [4.78, 5) is 19.9. The summed E-state index contributed by atoms with van der Waals surface area (Å²) in [5, 5.41) is 2.55. The number of aromatic nitrogens is 3. The molecular formula is C15H15N5O2. The van der Waals surface area contributed by atoms with Crippen molar-refractivity contribution in [2.75, 3.05) is 17.7 Å². The highest BCUT2D eigenvalue weighted by Crippen LogP contribution is 2.24. The third-order valence-corrected chi connectivity index (χ3v) is 3.10. The van der Waals surface area contributed by atoms with Gasteiger partial charge in [-0.25, -0.2) is 14.8 Å². The number of carbonyl (C=O) groups is 1. The Morgan fingerprint density at radius 2 is 2.14 bits per heavy atom. The van der Waals surface area contributed by atoms with Crippen LogP contribution in [0.5, 0.6) is 0 Å². The maximum absolute atomic E-state index is 11.5. The average Bonchev–Trinajstić information content (AvgIpc) is 2.92. The number of nitrogens with one attached hydrogen (secondary N) is 1. The largest absolute Gasteiger partial charge is 0.450 e. The molecule has 3 aromatic rings. The van der Waals surface area contributed by atoms with E-state index in [1.54, 1.807) is 19.3 Å². The van der Waals surface area contributed by atoms with Crippen LogP contribution < -0.4 is 11.1 Å². The van der Waals surface area contributed by atoms with Crippen LogP contribution in [0.3, 0.4) is 0 Å². The Morgan fingerprint density at radius 1 is 1.36 bits per heavy atom. The number of nitrogens with zero attached hydrogens (tertiary/aromatic N) is 3. The molecule has 112 valence electrons. The number of fused-ring (bicyclic) bond motifs is 1. The number of pyridine rings is 1. The summed E-state index contributed by atoms with van der Waals surface area (Å²) in [5.74, 6) is 0.570. The molecule has 7 heteroatoms. The summed E-state index contributed by atoms with van der Waals surface area (Å²) in [6, 6.07) is 11.4. The normalized spacial score (nSPS) is 10.6. The number of benzene rings is 1. The molecule has 0 fully saturated rings. The third kappa shape index (κ3) is 2.56. The lowest BCUT2D eigenvalue weighted by atomic mass is 10.3. The molecule has 0 bridgehead atoms. The Balaban J connectivity index is 2.06. The molecule has 0 spiro atoms. The lowest BCUT2D eigenvalue weighted by Crippen LogP contribution is -2.14. The fraction of sp³-hybridized carbons (Fsp3) is 0.133. The summed E-state index contributed by atoms with van der Waals surface area (Å²) in [6.07, 6.45) is 1.10. The Hall–Kier alpha value is -3.09. The molecule has 2 aromatic heterocycles. The van der Waals surface area contributed by atoms with Crippen molar-refractivity contribution in [3.05, 3.63) is 42.7 Å². The van der Waals surface area contributed by atoms with Gasteiger partial charge in [0.25, 0.3) is 0 Å². The maximum atomic E-state index is 11.5. The molecule has 0 atom stereocenters. The van der Waals surface area contributed by atoms with Crippen LogP contribution in [0.15, 0.2) is 42.7 Å². The van der Waals surface area contributed by atoms with E-state index in [2.05, 4.69) is 15.3 Å². The molecule has 0 aliphatic heterocycles. The van der Waals surface area contributed by atoms with Crippen LogP contribution in [0.1, 0.15) is 6.92 Å². The minimum Gasteiger partial charge on any atom is -0.450 e.